The summed E-state index contributed by atoms with van der Waals surface area (Å²) in [5, 5.41) is 7.35. The van der Waals surface area contributed by atoms with Gasteiger partial charge in [-0.05, 0) is 32.2 Å². The molecule has 0 bridgehead atoms. The van der Waals surface area contributed by atoms with Crippen molar-refractivity contribution in [2.45, 2.75) is 33.0 Å². The predicted octanol–water partition coefficient (Wildman–Crippen LogP) is 2.28. The first-order valence-corrected chi connectivity index (χ1v) is 10.8. The molecule has 2 atom stereocenters. The van der Waals surface area contributed by atoms with Crippen molar-refractivity contribution in [2.24, 2.45) is 0 Å². The molecule has 1 saturated heterocycles. The fourth-order valence-electron chi connectivity index (χ4n) is 3.40. The third-order valence-electron chi connectivity index (χ3n) is 4.34. The number of rotatable bonds is 6. The van der Waals surface area contributed by atoms with Gasteiger partial charge < -0.3 is 19.7 Å². The minimum Gasteiger partial charge on any atom is -0.462 e. The molecule has 0 radical (unpaired) electrons. The van der Waals surface area contributed by atoms with E-state index >= 15 is 0 Å². The smallest absolute Gasteiger partial charge is 0.341 e. The van der Waals surface area contributed by atoms with Crippen molar-refractivity contribution in [1.29, 1.82) is 0 Å². The second-order valence-corrected chi connectivity index (χ2v) is 8.52. The molecule has 2 aromatic heterocycles. The second-order valence-electron chi connectivity index (χ2n) is 6.69. The molecule has 27 heavy (non-hydrogen) atoms. The van der Waals surface area contributed by atoms with Gasteiger partial charge >= 0.3 is 5.97 Å². The Bertz CT molecular complexity index is 778. The van der Waals surface area contributed by atoms with Gasteiger partial charge in [0.1, 0.15) is 35.9 Å². The average molecular weight is 410 g/mol. The van der Waals surface area contributed by atoms with Gasteiger partial charge in [-0.2, -0.15) is 0 Å². The van der Waals surface area contributed by atoms with E-state index < -0.39 is 5.97 Å². The van der Waals surface area contributed by atoms with Crippen LogP contribution in [0.2, 0.25) is 0 Å². The minimum atomic E-state index is -0.404. The number of hydrogen-bond acceptors (Lipinski definition) is 6. The summed E-state index contributed by atoms with van der Waals surface area (Å²) in [7, 11) is 0. The Kier molecular flexibility index (Phi) is 6.64. The van der Waals surface area contributed by atoms with Crippen molar-refractivity contribution in [3.8, 4) is 10.4 Å². The molecule has 8 heteroatoms. The quantitative estimate of drug-likeness (QED) is 0.719. The largest absolute Gasteiger partial charge is 0.462 e. The van der Waals surface area contributed by atoms with E-state index in [0.29, 0.717) is 23.7 Å². The lowest BCUT2D eigenvalue weighted by molar-refractivity contribution is -0.907. The zero-order valence-corrected chi connectivity index (χ0v) is 17.4. The number of esters is 1. The van der Waals surface area contributed by atoms with Crippen LogP contribution in [0.3, 0.4) is 0 Å². The molecule has 1 fully saturated rings. The molecule has 3 heterocycles. The van der Waals surface area contributed by atoms with Gasteiger partial charge in [0.25, 0.3) is 5.91 Å². The van der Waals surface area contributed by atoms with Crippen LogP contribution in [0, 0.1) is 0 Å². The molecule has 2 N–H and O–H groups in total. The fraction of sp³-hybridized carbons (Fsp3) is 0.474. The van der Waals surface area contributed by atoms with Gasteiger partial charge in [-0.25, -0.2) is 4.79 Å². The molecule has 146 valence electrons. The van der Waals surface area contributed by atoms with E-state index in [2.05, 4.69) is 5.32 Å². The maximum Gasteiger partial charge on any atom is 0.341 e. The molecule has 0 aliphatic carbocycles. The van der Waals surface area contributed by atoms with Crippen LogP contribution in [0.15, 0.2) is 22.9 Å². The first kappa shape index (κ1) is 20.0. The Morgan fingerprint density at radius 2 is 2.04 bits per heavy atom. The van der Waals surface area contributed by atoms with Crippen LogP contribution in [-0.2, 0) is 14.3 Å². The number of anilines is 1. The molecule has 3 rings (SSSR count). The number of amides is 1. The summed E-state index contributed by atoms with van der Waals surface area (Å²) >= 11 is 2.91. The fourth-order valence-corrected chi connectivity index (χ4v) is 5.19. The van der Waals surface area contributed by atoms with E-state index in [4.69, 9.17) is 9.47 Å². The highest BCUT2D eigenvalue weighted by molar-refractivity contribution is 7.17. The molecule has 0 spiro atoms. The monoisotopic (exact) mass is 409 g/mol. The summed E-state index contributed by atoms with van der Waals surface area (Å²) in [5.74, 6) is -0.505. The van der Waals surface area contributed by atoms with E-state index in [1.807, 2.05) is 36.7 Å². The van der Waals surface area contributed by atoms with Gasteiger partial charge in [0.05, 0.1) is 6.61 Å². The molecule has 1 aliphatic heterocycles. The van der Waals surface area contributed by atoms with Crippen LogP contribution >= 0.6 is 22.7 Å². The lowest BCUT2D eigenvalue weighted by atomic mass is 10.1. The van der Waals surface area contributed by atoms with Crippen LogP contribution in [0.5, 0.6) is 0 Å². The molecule has 1 aliphatic rings. The average Bonchev–Trinajstić information content (AvgIpc) is 3.23. The first-order chi connectivity index (χ1) is 13.0. The standard InChI is InChI=1S/C19H24N2O4S2/c1-4-24-19(23)17-14(15-6-5-7-26-15)11-27-18(17)20-16(22)10-21-8-12(2)25-13(3)9-21/h5-7,11-13H,4,8-10H2,1-3H3,(H,20,22)/p+1/t12-,13-/m0/s1. The van der Waals surface area contributed by atoms with Gasteiger partial charge in [-0.3, -0.25) is 4.79 Å². The number of carbonyl (C=O) groups excluding carboxylic acids is 2. The van der Waals surface area contributed by atoms with Crippen LogP contribution < -0.4 is 10.2 Å². The number of hydrogen-bond donors (Lipinski definition) is 2. The van der Waals surface area contributed by atoms with Gasteiger partial charge in [0.2, 0.25) is 0 Å². The number of quaternary nitrogens is 1. The second kappa shape index (κ2) is 8.97. The molecule has 6 nitrogen and oxygen atoms in total. The van der Waals surface area contributed by atoms with Gasteiger partial charge in [-0.1, -0.05) is 6.07 Å². The van der Waals surface area contributed by atoms with Crippen LogP contribution in [0.25, 0.3) is 10.4 Å². The highest BCUT2D eigenvalue weighted by Gasteiger charge is 2.28. The van der Waals surface area contributed by atoms with E-state index in [9.17, 15) is 9.59 Å². The highest BCUT2D eigenvalue weighted by atomic mass is 32.1. The number of carbonyl (C=O) groups is 2. The predicted molar refractivity (Wildman–Crippen MR) is 108 cm³/mol. The molecule has 2 aromatic rings. The number of thiophene rings is 2. The summed E-state index contributed by atoms with van der Waals surface area (Å²) in [6.45, 7) is 8.07. The van der Waals surface area contributed by atoms with Crippen LogP contribution in [0.4, 0.5) is 5.00 Å². The van der Waals surface area contributed by atoms with Gasteiger partial charge in [0.15, 0.2) is 6.54 Å². The van der Waals surface area contributed by atoms with Crippen molar-refractivity contribution in [1.82, 2.24) is 0 Å². The summed E-state index contributed by atoms with van der Waals surface area (Å²) < 4.78 is 11.0. The van der Waals surface area contributed by atoms with Gasteiger partial charge in [-0.15, -0.1) is 22.7 Å². The molecule has 0 unspecified atom stereocenters. The summed E-state index contributed by atoms with van der Waals surface area (Å²) in [6, 6.07) is 3.90. The SMILES string of the molecule is CCOC(=O)c1c(-c2cccs2)csc1NC(=O)C[NH+]1C[C@H](C)O[C@@H](C)C1. The Morgan fingerprint density at radius 3 is 2.67 bits per heavy atom. The number of ether oxygens (including phenoxy) is 2. The van der Waals surface area contributed by atoms with Crippen molar-refractivity contribution in [3.63, 3.8) is 0 Å². The first-order valence-electron chi connectivity index (χ1n) is 9.09. The van der Waals surface area contributed by atoms with Crippen LogP contribution in [0.1, 0.15) is 31.1 Å². The zero-order valence-electron chi connectivity index (χ0n) is 15.7. The Hall–Kier alpha value is -1.74. The molecule has 0 aromatic carbocycles. The topological polar surface area (TPSA) is 69.1 Å². The molecule has 1 amide bonds. The number of nitrogens with one attached hydrogen (secondary N) is 2. The van der Waals surface area contributed by atoms with E-state index in [1.54, 1.807) is 18.3 Å². The lowest BCUT2D eigenvalue weighted by Crippen LogP contribution is -3.16. The summed E-state index contributed by atoms with van der Waals surface area (Å²) in [4.78, 5) is 27.3. The third-order valence-corrected chi connectivity index (χ3v) is 6.14. The van der Waals surface area contributed by atoms with Crippen molar-refractivity contribution in [2.75, 3.05) is 31.6 Å². The molecular formula is C19H25N2O4S2+. The maximum absolute atomic E-state index is 12.6. The normalized spacial score (nSPS) is 22.4. The lowest BCUT2D eigenvalue weighted by Gasteiger charge is -2.31. The van der Waals surface area contributed by atoms with Crippen LogP contribution in [-0.4, -0.2) is 50.3 Å². The van der Waals surface area contributed by atoms with Crippen molar-refractivity contribution < 1.29 is 24.0 Å². The van der Waals surface area contributed by atoms with Crippen molar-refractivity contribution >= 4 is 39.6 Å². The Balaban J connectivity index is 1.76. The third kappa shape index (κ3) is 4.95. The molecular weight excluding hydrogens is 384 g/mol. The number of morpholine rings is 1. The Labute approximate surface area is 167 Å². The van der Waals surface area contributed by atoms with Crippen molar-refractivity contribution in [3.05, 3.63) is 28.5 Å². The van der Waals surface area contributed by atoms with E-state index in [1.165, 1.54) is 16.2 Å². The highest BCUT2D eigenvalue weighted by Crippen LogP contribution is 2.38. The van der Waals surface area contributed by atoms with E-state index in [-0.39, 0.29) is 18.1 Å². The molecule has 0 saturated carbocycles. The Morgan fingerprint density at radius 1 is 1.30 bits per heavy atom. The minimum absolute atomic E-state index is 0.101. The zero-order chi connectivity index (χ0) is 19.4. The summed E-state index contributed by atoms with van der Waals surface area (Å²) in [5.41, 5.74) is 1.25. The maximum atomic E-state index is 12.6. The summed E-state index contributed by atoms with van der Waals surface area (Å²) in [6.07, 6.45) is 0.276. The van der Waals surface area contributed by atoms with Gasteiger partial charge in [0, 0.05) is 15.8 Å². The van der Waals surface area contributed by atoms with E-state index in [0.717, 1.165) is 23.5 Å².